The Labute approximate surface area is 216 Å². The van der Waals surface area contributed by atoms with Gasteiger partial charge in [-0.1, -0.05) is 66.7 Å². The summed E-state index contributed by atoms with van der Waals surface area (Å²) in [7, 11) is 0. The Balaban J connectivity index is 1.54. The van der Waals surface area contributed by atoms with Crippen LogP contribution in [0.2, 0.25) is 0 Å². The number of carbonyl (C=O) groups excluding carboxylic acids is 1. The Morgan fingerprint density at radius 3 is 2.39 bits per heavy atom. The predicted octanol–water partition coefficient (Wildman–Crippen LogP) is 6.64. The van der Waals surface area contributed by atoms with E-state index in [2.05, 4.69) is 60.0 Å². The van der Waals surface area contributed by atoms with Gasteiger partial charge in [0.15, 0.2) is 5.17 Å². The topological polar surface area (TPSA) is 46.8 Å². The third-order valence-electron chi connectivity index (χ3n) is 6.27. The summed E-state index contributed by atoms with van der Waals surface area (Å²) in [5.74, 6) is -0.0336. The molecule has 0 spiro atoms. The lowest BCUT2D eigenvalue weighted by Crippen LogP contribution is -2.32. The summed E-state index contributed by atoms with van der Waals surface area (Å²) in [6.07, 6.45) is 2.04. The summed E-state index contributed by atoms with van der Waals surface area (Å²) in [5.41, 5.74) is 5.43. The van der Waals surface area contributed by atoms with E-state index in [9.17, 15) is 4.79 Å². The summed E-state index contributed by atoms with van der Waals surface area (Å²) < 4.78 is 7.88. The lowest BCUT2D eigenvalue weighted by atomic mass is 10.1. The first-order valence-corrected chi connectivity index (χ1v) is 13.0. The summed E-state index contributed by atoms with van der Waals surface area (Å²) >= 11 is 1.43. The minimum Gasteiger partial charge on any atom is -0.380 e. The molecule has 1 aliphatic heterocycles. The van der Waals surface area contributed by atoms with Gasteiger partial charge in [0.25, 0.3) is 5.91 Å². The summed E-state index contributed by atoms with van der Waals surface area (Å²) in [6.45, 7) is 6.42. The summed E-state index contributed by atoms with van der Waals surface area (Å²) in [5, 5.41) is 1.82. The highest BCUT2D eigenvalue weighted by Gasteiger charge is 2.33. The Hall–Kier alpha value is -3.61. The van der Waals surface area contributed by atoms with Crippen LogP contribution in [0.15, 0.2) is 94.8 Å². The highest BCUT2D eigenvalue weighted by atomic mass is 32.2. The molecule has 182 valence electrons. The van der Waals surface area contributed by atoms with Gasteiger partial charge in [0.05, 0.1) is 23.7 Å². The second kappa shape index (κ2) is 11.0. The Kier molecular flexibility index (Phi) is 7.35. The monoisotopic (exact) mass is 495 g/mol. The number of fused-ring (bicyclic) bond motifs is 1. The van der Waals surface area contributed by atoms with E-state index < -0.39 is 0 Å². The zero-order valence-electron chi connectivity index (χ0n) is 20.6. The molecule has 0 atom stereocenters. The second-order valence-corrected chi connectivity index (χ2v) is 9.59. The van der Waals surface area contributed by atoms with Crippen LogP contribution in [0.3, 0.4) is 0 Å². The van der Waals surface area contributed by atoms with Crippen molar-refractivity contribution in [3.8, 4) is 0 Å². The van der Waals surface area contributed by atoms with Crippen molar-refractivity contribution in [3.05, 3.63) is 107 Å². The smallest absolute Gasteiger partial charge is 0.266 e. The van der Waals surface area contributed by atoms with E-state index in [4.69, 9.17) is 9.73 Å². The molecule has 4 aromatic rings. The van der Waals surface area contributed by atoms with E-state index in [0.717, 1.165) is 34.4 Å². The molecule has 2 heterocycles. The van der Waals surface area contributed by atoms with Crippen LogP contribution >= 0.6 is 11.8 Å². The molecule has 1 aliphatic rings. The molecule has 0 bridgehead atoms. The van der Waals surface area contributed by atoms with Crippen LogP contribution in [0.4, 0.5) is 5.69 Å². The van der Waals surface area contributed by atoms with Gasteiger partial charge in [0.2, 0.25) is 0 Å². The highest BCUT2D eigenvalue weighted by Crippen LogP contribution is 2.37. The van der Waals surface area contributed by atoms with Crippen molar-refractivity contribution in [2.24, 2.45) is 4.99 Å². The van der Waals surface area contributed by atoms with Gasteiger partial charge >= 0.3 is 0 Å². The number of carbonyl (C=O) groups is 1. The van der Waals surface area contributed by atoms with Crippen LogP contribution < -0.4 is 0 Å². The first kappa shape index (κ1) is 24.1. The molecule has 36 heavy (non-hydrogen) atoms. The maximum atomic E-state index is 13.5. The molecule has 6 heteroatoms. The van der Waals surface area contributed by atoms with Crippen molar-refractivity contribution < 1.29 is 9.53 Å². The Morgan fingerprint density at radius 2 is 1.64 bits per heavy atom. The van der Waals surface area contributed by atoms with Gasteiger partial charge in [-0.05, 0) is 55.4 Å². The fourth-order valence-electron chi connectivity index (χ4n) is 4.44. The van der Waals surface area contributed by atoms with E-state index in [0.29, 0.717) is 29.8 Å². The molecule has 5 rings (SSSR count). The summed E-state index contributed by atoms with van der Waals surface area (Å²) in [4.78, 5) is 20.7. The minimum atomic E-state index is -0.0336. The molecule has 1 saturated heterocycles. The normalized spacial score (nSPS) is 16.1. The Bertz CT molecular complexity index is 1420. The van der Waals surface area contributed by atoms with Crippen LogP contribution in [0.25, 0.3) is 17.0 Å². The number of amidine groups is 1. The van der Waals surface area contributed by atoms with E-state index in [1.54, 1.807) is 4.90 Å². The maximum absolute atomic E-state index is 13.5. The number of hydrogen-bond acceptors (Lipinski definition) is 4. The minimum absolute atomic E-state index is 0.0336. The van der Waals surface area contributed by atoms with Crippen LogP contribution in [0, 0.1) is 6.92 Å². The average Bonchev–Trinajstić information content (AvgIpc) is 3.34. The third-order valence-corrected chi connectivity index (χ3v) is 7.28. The maximum Gasteiger partial charge on any atom is 0.266 e. The molecular weight excluding hydrogens is 466 g/mol. The lowest BCUT2D eigenvalue weighted by molar-refractivity contribution is -0.122. The molecule has 0 aliphatic carbocycles. The fourth-order valence-corrected chi connectivity index (χ4v) is 5.45. The standard InChI is InChI=1S/C30H29N3O2S/c1-3-35-19-18-32-29(34)28(36-30(32)31-24-14-8-5-9-15-24)20-26-22(2)33(21-23-12-6-4-7-13-23)27-17-11-10-16-25(26)27/h4-17,20H,3,18-19,21H2,1-2H3/b28-20-,31-30?. The van der Waals surface area contributed by atoms with Crippen molar-refractivity contribution in [2.75, 3.05) is 19.8 Å². The SMILES string of the molecule is CCOCCN1C(=O)/C(=C/c2c(C)n(Cc3ccccc3)c3ccccc23)SC1=Nc1ccccc1. The van der Waals surface area contributed by atoms with Gasteiger partial charge in [0, 0.05) is 35.3 Å². The molecule has 1 amide bonds. The summed E-state index contributed by atoms with van der Waals surface area (Å²) in [6, 6.07) is 28.6. The predicted molar refractivity (Wildman–Crippen MR) is 150 cm³/mol. The molecule has 0 N–H and O–H groups in total. The first-order chi connectivity index (χ1) is 17.7. The molecule has 0 radical (unpaired) electrons. The molecule has 0 unspecified atom stereocenters. The van der Waals surface area contributed by atoms with Gasteiger partial charge in [0.1, 0.15) is 0 Å². The van der Waals surface area contributed by atoms with Gasteiger partial charge in [-0.25, -0.2) is 4.99 Å². The molecule has 5 nitrogen and oxygen atoms in total. The molecule has 1 fully saturated rings. The molecular formula is C30H29N3O2S. The van der Waals surface area contributed by atoms with Crippen LogP contribution in [-0.4, -0.2) is 40.3 Å². The van der Waals surface area contributed by atoms with Crippen molar-refractivity contribution in [1.29, 1.82) is 0 Å². The molecule has 0 saturated carbocycles. The second-order valence-electron chi connectivity index (χ2n) is 8.58. The number of ether oxygens (including phenoxy) is 1. The number of hydrogen-bond donors (Lipinski definition) is 0. The highest BCUT2D eigenvalue weighted by molar-refractivity contribution is 8.18. The van der Waals surface area contributed by atoms with Crippen molar-refractivity contribution in [2.45, 2.75) is 20.4 Å². The van der Waals surface area contributed by atoms with Gasteiger partial charge < -0.3 is 9.30 Å². The van der Waals surface area contributed by atoms with Crippen molar-refractivity contribution in [1.82, 2.24) is 9.47 Å². The number of rotatable bonds is 8. The number of benzene rings is 3. The van der Waals surface area contributed by atoms with Gasteiger partial charge in [-0.2, -0.15) is 0 Å². The zero-order valence-corrected chi connectivity index (χ0v) is 21.4. The van der Waals surface area contributed by atoms with E-state index in [1.807, 2.05) is 49.4 Å². The van der Waals surface area contributed by atoms with Crippen LogP contribution in [0.5, 0.6) is 0 Å². The van der Waals surface area contributed by atoms with Crippen LogP contribution in [0.1, 0.15) is 23.7 Å². The van der Waals surface area contributed by atoms with Crippen molar-refractivity contribution in [3.63, 3.8) is 0 Å². The third kappa shape index (κ3) is 5.01. The van der Waals surface area contributed by atoms with E-state index in [-0.39, 0.29) is 5.91 Å². The van der Waals surface area contributed by atoms with E-state index in [1.165, 1.54) is 17.3 Å². The number of amides is 1. The number of aliphatic imine (C=N–C) groups is 1. The van der Waals surface area contributed by atoms with Crippen molar-refractivity contribution >= 4 is 45.5 Å². The van der Waals surface area contributed by atoms with Gasteiger partial charge in [-0.3, -0.25) is 9.69 Å². The number of para-hydroxylation sites is 2. The number of thioether (sulfide) groups is 1. The number of aromatic nitrogens is 1. The quantitative estimate of drug-likeness (QED) is 0.203. The molecule has 3 aromatic carbocycles. The number of nitrogens with zero attached hydrogens (tertiary/aromatic N) is 3. The Morgan fingerprint density at radius 1 is 0.944 bits per heavy atom. The van der Waals surface area contributed by atoms with Gasteiger partial charge in [-0.15, -0.1) is 0 Å². The largest absolute Gasteiger partial charge is 0.380 e. The fraction of sp³-hybridized carbons (Fsp3) is 0.200. The first-order valence-electron chi connectivity index (χ1n) is 12.2. The molecule has 1 aromatic heterocycles. The lowest BCUT2D eigenvalue weighted by Gasteiger charge is -2.15. The van der Waals surface area contributed by atoms with E-state index >= 15 is 0 Å². The zero-order chi connectivity index (χ0) is 24.9. The average molecular weight is 496 g/mol. The van der Waals surface area contributed by atoms with Crippen LogP contribution in [-0.2, 0) is 16.1 Å².